The van der Waals surface area contributed by atoms with Crippen LogP contribution in [0.3, 0.4) is 0 Å². The number of alkyl halides is 18. The van der Waals surface area contributed by atoms with Crippen LogP contribution in [-0.2, 0) is 9.53 Å². The lowest BCUT2D eigenvalue weighted by Crippen LogP contribution is -2.75. The number of rotatable bonds is 12. The van der Waals surface area contributed by atoms with Gasteiger partial charge in [-0.25, -0.2) is 13.6 Å². The highest BCUT2D eigenvalue weighted by molar-refractivity contribution is 5.86. The van der Waals surface area contributed by atoms with Crippen LogP contribution in [0, 0.1) is 0 Å². The second-order valence-electron chi connectivity index (χ2n) is 6.74. The summed E-state index contributed by atoms with van der Waals surface area (Å²) in [6.07, 6.45) is -8.90. The first-order valence-electron chi connectivity index (χ1n) is 8.15. The summed E-state index contributed by atoms with van der Waals surface area (Å²) in [7, 11) is 0. The zero-order valence-electron chi connectivity index (χ0n) is 16.3. The van der Waals surface area contributed by atoms with Gasteiger partial charge in [0.2, 0.25) is 0 Å². The van der Waals surface area contributed by atoms with Crippen molar-refractivity contribution in [3.05, 3.63) is 12.2 Å². The van der Waals surface area contributed by atoms with Gasteiger partial charge >= 0.3 is 59.8 Å². The van der Waals surface area contributed by atoms with E-state index >= 15 is 0 Å². The predicted octanol–water partition coefficient (Wildman–Crippen LogP) is 6.84. The van der Waals surface area contributed by atoms with Crippen LogP contribution in [0.4, 0.5) is 79.0 Å². The molecule has 0 bridgehead atoms. The topological polar surface area (TPSA) is 26.3 Å². The van der Waals surface area contributed by atoms with Crippen molar-refractivity contribution in [2.75, 3.05) is 6.61 Å². The van der Waals surface area contributed by atoms with Gasteiger partial charge in [-0.15, -0.1) is 0 Å². The number of carbonyl (C=O) groups is 1. The van der Waals surface area contributed by atoms with E-state index in [1.807, 2.05) is 0 Å². The molecule has 0 aliphatic carbocycles. The molecule has 0 aromatic rings. The number of ether oxygens (including phenoxy) is 1. The SMILES string of the molecule is C=C(C)C(=O)OCCC(F)(F)C(F)(F)C(F)(F)C(F)(F)C(F)(F)C(F)(F)C(F)(F)C(F)(F)C(F)F. The summed E-state index contributed by atoms with van der Waals surface area (Å²) in [4.78, 5) is 10.9. The fourth-order valence-electron chi connectivity index (χ4n) is 1.92. The average Bonchev–Trinajstić information content (AvgIpc) is 2.66. The molecule has 20 heteroatoms. The Labute approximate surface area is 181 Å². The standard InChI is InChI=1S/C15H10F18O2/c1-5(2)6(34)35-4-3-8(18,19)10(22,23)12(26,27)14(30,31)15(32,33)13(28,29)11(24,25)9(20,21)7(16)17/h7H,1,3-4H2,2H3. The highest BCUT2D eigenvalue weighted by Crippen LogP contribution is 2.64. The van der Waals surface area contributed by atoms with E-state index in [2.05, 4.69) is 11.3 Å². The Morgan fingerprint density at radius 3 is 1.29 bits per heavy atom. The number of carbonyl (C=O) groups excluding carboxylic acids is 1. The van der Waals surface area contributed by atoms with Crippen LogP contribution in [0.25, 0.3) is 0 Å². The summed E-state index contributed by atoms with van der Waals surface area (Å²) in [5.41, 5.74) is -0.611. The average molecular weight is 564 g/mol. The molecule has 0 amide bonds. The number of esters is 1. The molecular formula is C15H10F18O2. The fraction of sp³-hybridized carbons (Fsp3) is 0.800. The molecule has 208 valence electrons. The van der Waals surface area contributed by atoms with E-state index in [9.17, 15) is 83.8 Å². The van der Waals surface area contributed by atoms with Crippen LogP contribution < -0.4 is 0 Å². The summed E-state index contributed by atoms with van der Waals surface area (Å²) in [6, 6.07) is 0. The summed E-state index contributed by atoms with van der Waals surface area (Å²) in [5.74, 6) is -66.7. The summed E-state index contributed by atoms with van der Waals surface area (Å²) in [5, 5.41) is 0. The second kappa shape index (κ2) is 9.11. The zero-order valence-corrected chi connectivity index (χ0v) is 16.3. The third-order valence-electron chi connectivity index (χ3n) is 4.12. The van der Waals surface area contributed by atoms with Gasteiger partial charge in [-0.05, 0) is 6.92 Å². The fourth-order valence-corrected chi connectivity index (χ4v) is 1.92. The van der Waals surface area contributed by atoms with Crippen molar-refractivity contribution < 1.29 is 88.6 Å². The van der Waals surface area contributed by atoms with E-state index in [1.165, 1.54) is 0 Å². The molecule has 0 unspecified atom stereocenters. The van der Waals surface area contributed by atoms with E-state index in [-0.39, 0.29) is 0 Å². The van der Waals surface area contributed by atoms with Gasteiger partial charge in [0.05, 0.1) is 13.0 Å². The summed E-state index contributed by atoms with van der Waals surface area (Å²) < 4.78 is 241. The predicted molar refractivity (Wildman–Crippen MR) is 76.0 cm³/mol. The van der Waals surface area contributed by atoms with Gasteiger partial charge in [-0.1, -0.05) is 6.58 Å². The van der Waals surface area contributed by atoms with Crippen molar-refractivity contribution in [3.63, 3.8) is 0 Å². The van der Waals surface area contributed by atoms with E-state index < -0.39 is 78.4 Å². The first-order valence-corrected chi connectivity index (χ1v) is 8.15. The third kappa shape index (κ3) is 4.72. The summed E-state index contributed by atoms with van der Waals surface area (Å²) >= 11 is 0. The minimum atomic E-state index is -8.78. The normalized spacial score (nSPS) is 15.4. The number of hydrogen-bond donors (Lipinski definition) is 0. The van der Waals surface area contributed by atoms with Gasteiger partial charge in [0, 0.05) is 5.57 Å². The van der Waals surface area contributed by atoms with Gasteiger partial charge in [0.1, 0.15) is 0 Å². The zero-order chi connectivity index (χ0) is 28.9. The molecule has 0 saturated carbocycles. The maximum absolute atomic E-state index is 13.6. The molecule has 0 saturated heterocycles. The Kier molecular flexibility index (Phi) is 8.58. The number of hydrogen-bond acceptors (Lipinski definition) is 2. The lowest BCUT2D eigenvalue weighted by molar-refractivity contribution is -0.457. The first kappa shape index (κ1) is 32.9. The molecule has 0 atom stereocenters. The van der Waals surface area contributed by atoms with Crippen molar-refractivity contribution in [1.82, 2.24) is 0 Å². The molecule has 0 spiro atoms. The Morgan fingerprint density at radius 2 is 0.971 bits per heavy atom. The van der Waals surface area contributed by atoms with E-state index in [0.717, 1.165) is 6.92 Å². The molecule has 0 heterocycles. The van der Waals surface area contributed by atoms with Gasteiger partial charge in [0.25, 0.3) is 0 Å². The Balaban J connectivity index is 6.50. The van der Waals surface area contributed by atoms with Crippen molar-refractivity contribution in [2.24, 2.45) is 0 Å². The maximum atomic E-state index is 13.6. The minimum absolute atomic E-state index is 0.611. The molecule has 0 aromatic heterocycles. The molecule has 0 rings (SSSR count). The van der Waals surface area contributed by atoms with Crippen LogP contribution >= 0.6 is 0 Å². The van der Waals surface area contributed by atoms with Gasteiger partial charge < -0.3 is 4.74 Å². The largest absolute Gasteiger partial charge is 0.462 e. The lowest BCUT2D eigenvalue weighted by atomic mass is 9.87. The van der Waals surface area contributed by atoms with Crippen molar-refractivity contribution >= 4 is 5.97 Å². The maximum Gasteiger partial charge on any atom is 0.385 e. The van der Waals surface area contributed by atoms with E-state index in [0.29, 0.717) is 0 Å². The Morgan fingerprint density at radius 1 is 0.657 bits per heavy atom. The monoisotopic (exact) mass is 564 g/mol. The lowest BCUT2D eigenvalue weighted by Gasteiger charge is -2.43. The summed E-state index contributed by atoms with van der Waals surface area (Å²) in [6.45, 7) is 1.65. The Bertz CT molecular complexity index is 800. The molecule has 0 aromatic carbocycles. The molecule has 35 heavy (non-hydrogen) atoms. The molecule has 0 radical (unpaired) electrons. The highest BCUT2D eigenvalue weighted by Gasteiger charge is 2.95. The molecule has 0 aliphatic heterocycles. The van der Waals surface area contributed by atoms with Crippen molar-refractivity contribution in [1.29, 1.82) is 0 Å². The van der Waals surface area contributed by atoms with Crippen LogP contribution in [0.5, 0.6) is 0 Å². The quantitative estimate of drug-likeness (QED) is 0.148. The second-order valence-corrected chi connectivity index (χ2v) is 6.74. The van der Waals surface area contributed by atoms with Crippen LogP contribution in [-0.4, -0.2) is 66.4 Å². The van der Waals surface area contributed by atoms with Gasteiger partial charge in [-0.3, -0.25) is 0 Å². The highest BCUT2D eigenvalue weighted by atomic mass is 19.4. The van der Waals surface area contributed by atoms with Crippen LogP contribution in [0.15, 0.2) is 12.2 Å². The first-order chi connectivity index (χ1) is 15.0. The van der Waals surface area contributed by atoms with Gasteiger partial charge in [-0.2, -0.15) is 70.2 Å². The van der Waals surface area contributed by atoms with Gasteiger partial charge in [0.15, 0.2) is 0 Å². The molecule has 0 fully saturated rings. The van der Waals surface area contributed by atoms with E-state index in [1.54, 1.807) is 0 Å². The molecular weight excluding hydrogens is 554 g/mol. The van der Waals surface area contributed by atoms with Crippen LogP contribution in [0.1, 0.15) is 13.3 Å². The van der Waals surface area contributed by atoms with E-state index in [4.69, 9.17) is 0 Å². The smallest absolute Gasteiger partial charge is 0.385 e. The Hall–Kier alpha value is -2.05. The number of halogens is 18. The molecule has 0 N–H and O–H groups in total. The molecule has 0 aliphatic rings. The van der Waals surface area contributed by atoms with Crippen molar-refractivity contribution in [3.8, 4) is 0 Å². The minimum Gasteiger partial charge on any atom is -0.462 e. The third-order valence-corrected chi connectivity index (χ3v) is 4.12. The van der Waals surface area contributed by atoms with Crippen LogP contribution in [0.2, 0.25) is 0 Å². The van der Waals surface area contributed by atoms with Crippen molar-refractivity contribution in [2.45, 2.75) is 67.2 Å². The molecule has 2 nitrogen and oxygen atoms in total.